The largest absolute Gasteiger partial charge is 0.297 e. The van der Waals surface area contributed by atoms with Crippen molar-refractivity contribution in [2.45, 2.75) is 18.8 Å². The molecule has 1 saturated heterocycles. The molecule has 1 aliphatic heterocycles. The number of carbonyl (C=O) groups is 1. The number of piperidine rings is 1. The van der Waals surface area contributed by atoms with E-state index in [1.807, 2.05) is 48.5 Å². The maximum Gasteiger partial charge on any atom is 0.236 e. The molecule has 0 amide bonds. The molecule has 3 heterocycles. The van der Waals surface area contributed by atoms with Gasteiger partial charge >= 0.3 is 0 Å². The molecule has 0 saturated carbocycles. The Balaban J connectivity index is 1.40. The molecule has 0 aliphatic carbocycles. The van der Waals surface area contributed by atoms with E-state index in [1.165, 1.54) is 21.1 Å². The van der Waals surface area contributed by atoms with Crippen molar-refractivity contribution >= 4 is 33.2 Å². The average Bonchev–Trinajstić information content (AvgIpc) is 3.34. The molecule has 1 fully saturated rings. The Morgan fingerprint density at radius 3 is 2.52 bits per heavy atom. The summed E-state index contributed by atoms with van der Waals surface area (Å²) in [6.07, 6.45) is 4.00. The van der Waals surface area contributed by atoms with Crippen LogP contribution in [0.1, 0.15) is 29.3 Å². The fourth-order valence-electron chi connectivity index (χ4n) is 3.74. The van der Waals surface area contributed by atoms with Gasteiger partial charge in [0.1, 0.15) is 5.01 Å². The fraction of sp³-hybridized carbons (Fsp3) is 0.250. The van der Waals surface area contributed by atoms with Crippen molar-refractivity contribution < 1.29 is 13.2 Å². The molecule has 1 unspecified atom stereocenters. The average molecular weight is 479 g/mol. The minimum absolute atomic E-state index is 0.198. The fourth-order valence-corrected chi connectivity index (χ4v) is 5.82. The van der Waals surface area contributed by atoms with Crippen LogP contribution in [0, 0.1) is 17.2 Å². The first-order valence-corrected chi connectivity index (χ1v) is 12.9. The lowest BCUT2D eigenvalue weighted by atomic mass is 9.87. The van der Waals surface area contributed by atoms with Gasteiger partial charge in [-0.15, -0.1) is 11.3 Å². The van der Waals surface area contributed by atoms with Crippen LogP contribution in [-0.4, -0.2) is 41.6 Å². The molecule has 1 atom stereocenters. The van der Waals surface area contributed by atoms with Crippen molar-refractivity contribution in [3.63, 3.8) is 0 Å². The molecule has 2 aromatic heterocycles. The summed E-state index contributed by atoms with van der Waals surface area (Å²) in [5, 5.41) is 13.1. The lowest BCUT2D eigenvalue weighted by Crippen LogP contribution is -2.40. The van der Waals surface area contributed by atoms with Gasteiger partial charge in [-0.2, -0.15) is 9.57 Å². The van der Waals surface area contributed by atoms with Crippen LogP contribution < -0.4 is 0 Å². The topological polar surface area (TPSA) is 104 Å². The first-order chi connectivity index (χ1) is 16.0. The van der Waals surface area contributed by atoms with Crippen LogP contribution in [0.4, 0.5) is 0 Å². The van der Waals surface area contributed by atoms with Gasteiger partial charge < -0.3 is 0 Å². The number of nitriles is 1. The minimum Gasteiger partial charge on any atom is -0.297 e. The Kier molecular flexibility index (Phi) is 7.08. The highest BCUT2D eigenvalue weighted by Crippen LogP contribution is 2.31. The summed E-state index contributed by atoms with van der Waals surface area (Å²) < 4.78 is 26.7. The van der Waals surface area contributed by atoms with E-state index < -0.39 is 15.9 Å². The number of benzene rings is 1. The van der Waals surface area contributed by atoms with E-state index in [9.17, 15) is 18.5 Å². The molecule has 9 heteroatoms. The minimum atomic E-state index is -3.58. The molecule has 0 N–H and O–H groups in total. The Bertz CT molecular complexity index is 1270. The second-order valence-corrected chi connectivity index (χ2v) is 10.4. The van der Waals surface area contributed by atoms with Gasteiger partial charge in [-0.3, -0.25) is 9.78 Å². The molecule has 0 radical (unpaired) electrons. The third-order valence-electron chi connectivity index (χ3n) is 5.56. The summed E-state index contributed by atoms with van der Waals surface area (Å²) in [7, 11) is -3.58. The number of ketones is 1. The monoisotopic (exact) mass is 478 g/mol. The van der Waals surface area contributed by atoms with Gasteiger partial charge in [0.2, 0.25) is 10.0 Å². The molecule has 33 heavy (non-hydrogen) atoms. The van der Waals surface area contributed by atoms with Crippen molar-refractivity contribution in [2.24, 2.45) is 5.92 Å². The Morgan fingerprint density at radius 1 is 1.12 bits per heavy atom. The summed E-state index contributed by atoms with van der Waals surface area (Å²) in [5.74, 6) is -1.53. The number of nitrogens with zero attached hydrogens (tertiary/aromatic N) is 4. The number of carbonyl (C=O) groups excluding carboxylic acids is 1. The maximum atomic E-state index is 13.1. The van der Waals surface area contributed by atoms with E-state index in [-0.39, 0.29) is 24.8 Å². The van der Waals surface area contributed by atoms with Gasteiger partial charge in [0.25, 0.3) is 0 Å². The smallest absolute Gasteiger partial charge is 0.236 e. The Labute approximate surface area is 197 Å². The first kappa shape index (κ1) is 23.0. The third-order valence-corrected chi connectivity index (χ3v) is 8.03. The lowest BCUT2D eigenvalue weighted by Gasteiger charge is -2.30. The van der Waals surface area contributed by atoms with Crippen LogP contribution in [0.2, 0.25) is 0 Å². The van der Waals surface area contributed by atoms with Crippen LogP contribution in [0.3, 0.4) is 0 Å². The van der Waals surface area contributed by atoms with Crippen LogP contribution in [-0.2, 0) is 14.8 Å². The number of hydrogen-bond donors (Lipinski definition) is 0. The van der Waals surface area contributed by atoms with E-state index in [2.05, 4.69) is 16.0 Å². The van der Waals surface area contributed by atoms with Crippen LogP contribution in [0.15, 0.2) is 65.5 Å². The zero-order valence-corrected chi connectivity index (χ0v) is 19.4. The maximum absolute atomic E-state index is 13.1. The van der Waals surface area contributed by atoms with Crippen molar-refractivity contribution in [3.8, 4) is 17.5 Å². The van der Waals surface area contributed by atoms with Gasteiger partial charge in [0.15, 0.2) is 11.7 Å². The zero-order chi connectivity index (χ0) is 23.3. The SMILES string of the molecule is N#CC(C(=O)C1CCN(S(=O)(=O)/C=C/c2ccccc2)CC1)c1nc(-c2ccccn2)cs1. The summed E-state index contributed by atoms with van der Waals surface area (Å²) in [6, 6.07) is 16.8. The Hall–Kier alpha value is -3.19. The number of hydrogen-bond acceptors (Lipinski definition) is 7. The normalized spacial score (nSPS) is 16.5. The number of aromatic nitrogens is 2. The molecule has 7 nitrogen and oxygen atoms in total. The van der Waals surface area contributed by atoms with Crippen molar-refractivity contribution in [1.29, 1.82) is 5.26 Å². The summed E-state index contributed by atoms with van der Waals surface area (Å²) in [6.45, 7) is 0.486. The molecular formula is C24H22N4O3S2. The van der Waals surface area contributed by atoms with Crippen LogP contribution in [0.25, 0.3) is 17.5 Å². The van der Waals surface area contributed by atoms with E-state index in [1.54, 1.807) is 17.7 Å². The number of sulfonamides is 1. The Morgan fingerprint density at radius 2 is 1.85 bits per heavy atom. The molecule has 0 spiro atoms. The predicted molar refractivity (Wildman–Crippen MR) is 127 cm³/mol. The van der Waals surface area contributed by atoms with Gasteiger partial charge in [-0.05, 0) is 36.6 Å². The second kappa shape index (κ2) is 10.2. The van der Waals surface area contributed by atoms with E-state index >= 15 is 0 Å². The lowest BCUT2D eigenvalue weighted by molar-refractivity contribution is -0.124. The van der Waals surface area contributed by atoms with Crippen LogP contribution >= 0.6 is 11.3 Å². The summed E-state index contributed by atoms with van der Waals surface area (Å²) in [4.78, 5) is 21.8. The third kappa shape index (κ3) is 5.42. The number of Topliss-reactive ketones (excluding diaryl/α,β-unsaturated/α-hetero) is 1. The highest BCUT2D eigenvalue weighted by Gasteiger charge is 2.35. The van der Waals surface area contributed by atoms with E-state index in [4.69, 9.17) is 0 Å². The van der Waals surface area contributed by atoms with Gasteiger partial charge in [-0.1, -0.05) is 36.4 Å². The highest BCUT2D eigenvalue weighted by atomic mass is 32.2. The first-order valence-electron chi connectivity index (χ1n) is 10.5. The molecule has 1 aromatic carbocycles. The van der Waals surface area contributed by atoms with E-state index in [0.29, 0.717) is 29.2 Å². The molecule has 0 bridgehead atoms. The number of rotatable bonds is 7. The zero-order valence-electron chi connectivity index (χ0n) is 17.7. The number of thiazole rings is 1. The van der Waals surface area contributed by atoms with Crippen molar-refractivity contribution in [1.82, 2.24) is 14.3 Å². The second-order valence-electron chi connectivity index (χ2n) is 7.68. The molecule has 3 aromatic rings. The predicted octanol–water partition coefficient (Wildman–Crippen LogP) is 4.09. The van der Waals surface area contributed by atoms with Crippen LogP contribution in [0.5, 0.6) is 0 Å². The molecule has 168 valence electrons. The number of pyridine rings is 1. The van der Waals surface area contributed by atoms with Gasteiger partial charge in [0, 0.05) is 36.0 Å². The highest BCUT2D eigenvalue weighted by molar-refractivity contribution is 7.92. The molecular weight excluding hydrogens is 456 g/mol. The van der Waals surface area contributed by atoms with Gasteiger partial charge in [-0.25, -0.2) is 13.4 Å². The molecule has 4 rings (SSSR count). The molecule has 1 aliphatic rings. The quantitative estimate of drug-likeness (QED) is 0.506. The van der Waals surface area contributed by atoms with Crippen molar-refractivity contribution in [2.75, 3.05) is 13.1 Å². The van der Waals surface area contributed by atoms with Gasteiger partial charge in [0.05, 0.1) is 17.5 Å². The van der Waals surface area contributed by atoms with E-state index in [0.717, 1.165) is 5.56 Å². The van der Waals surface area contributed by atoms with Crippen molar-refractivity contribution in [3.05, 3.63) is 76.1 Å². The standard InChI is InChI=1S/C24H22N4O3S2/c25-16-20(24-27-22(17-32-24)21-8-4-5-12-26-21)23(29)19-9-13-28(14-10-19)33(30,31)15-11-18-6-2-1-3-7-18/h1-8,11-12,15,17,19-20H,9-10,13-14H2/b15-11+. The summed E-state index contributed by atoms with van der Waals surface area (Å²) in [5.41, 5.74) is 2.12. The summed E-state index contributed by atoms with van der Waals surface area (Å²) >= 11 is 1.27.